The zero-order valence-electron chi connectivity index (χ0n) is 17.3. The van der Waals surface area contributed by atoms with Crippen molar-refractivity contribution in [1.29, 1.82) is 0 Å². The molecule has 1 aliphatic rings. The van der Waals surface area contributed by atoms with E-state index in [1.165, 1.54) is 7.11 Å². The first-order valence-corrected chi connectivity index (χ1v) is 10.1. The molecule has 0 saturated carbocycles. The van der Waals surface area contributed by atoms with Gasteiger partial charge in [0.05, 0.1) is 29.0 Å². The quantitative estimate of drug-likeness (QED) is 0.475. The average Bonchev–Trinajstić information content (AvgIpc) is 2.69. The maximum absolute atomic E-state index is 14.4. The lowest BCUT2D eigenvalue weighted by atomic mass is 9.90. The summed E-state index contributed by atoms with van der Waals surface area (Å²) in [5.74, 6) is -2.44. The molecular formula is C21H26ClFN2O5. The van der Waals surface area contributed by atoms with Crippen molar-refractivity contribution < 1.29 is 28.2 Å². The molecule has 0 bridgehead atoms. The second-order valence-corrected chi connectivity index (χ2v) is 7.54. The summed E-state index contributed by atoms with van der Waals surface area (Å²) in [6, 6.07) is 2.09. The Morgan fingerprint density at radius 2 is 1.77 bits per heavy atom. The highest BCUT2D eigenvalue weighted by molar-refractivity contribution is 6.33. The number of halogens is 2. The Bertz CT molecular complexity index is 854. The Morgan fingerprint density at radius 1 is 1.13 bits per heavy atom. The number of esters is 1. The molecule has 30 heavy (non-hydrogen) atoms. The van der Waals surface area contributed by atoms with Gasteiger partial charge in [-0.3, -0.25) is 9.59 Å². The standard InChI is InChI=1S/C21H26ClFN2O5/c1-12(2)30-21(28)15-10-18(17(23)11-16(15)22)25-20(27)14-7-5-4-6-13(14)19(26)24-8-9-29-3/h10-12H,4-9H2,1-3H3,(H,24,26)(H,25,27). The van der Waals surface area contributed by atoms with Crippen LogP contribution in [0.2, 0.25) is 5.02 Å². The van der Waals surface area contributed by atoms with Gasteiger partial charge in [0.2, 0.25) is 5.91 Å². The van der Waals surface area contributed by atoms with E-state index in [1.54, 1.807) is 13.8 Å². The minimum atomic E-state index is -0.794. The summed E-state index contributed by atoms with van der Waals surface area (Å²) in [5.41, 5.74) is 0.412. The van der Waals surface area contributed by atoms with E-state index in [-0.39, 0.29) is 28.3 Å². The Hall–Kier alpha value is -2.45. The zero-order chi connectivity index (χ0) is 22.3. The largest absolute Gasteiger partial charge is 0.459 e. The van der Waals surface area contributed by atoms with Crippen LogP contribution in [0.25, 0.3) is 0 Å². The molecule has 2 N–H and O–H groups in total. The maximum Gasteiger partial charge on any atom is 0.339 e. The van der Waals surface area contributed by atoms with Crippen LogP contribution in [0.5, 0.6) is 0 Å². The molecule has 0 spiro atoms. The number of hydrogen-bond donors (Lipinski definition) is 2. The molecule has 0 saturated heterocycles. The van der Waals surface area contributed by atoms with Gasteiger partial charge in [-0.1, -0.05) is 11.6 Å². The summed E-state index contributed by atoms with van der Waals surface area (Å²) in [5, 5.41) is 5.05. The maximum atomic E-state index is 14.4. The summed E-state index contributed by atoms with van der Waals surface area (Å²) in [6.07, 6.45) is 1.99. The molecule has 0 heterocycles. The normalized spacial score (nSPS) is 13.9. The lowest BCUT2D eigenvalue weighted by molar-refractivity contribution is -0.119. The van der Waals surface area contributed by atoms with E-state index in [4.69, 9.17) is 21.1 Å². The molecule has 1 aromatic carbocycles. The number of ether oxygens (including phenoxy) is 2. The highest BCUT2D eigenvalue weighted by Gasteiger charge is 2.25. The first kappa shape index (κ1) is 23.8. The SMILES string of the molecule is COCCNC(=O)C1=C(C(=O)Nc2cc(C(=O)OC(C)C)c(Cl)cc2F)CCCC1. The van der Waals surface area contributed by atoms with Crippen LogP contribution in [-0.4, -0.2) is 44.1 Å². The number of amides is 2. The van der Waals surface area contributed by atoms with Gasteiger partial charge in [0.25, 0.3) is 5.91 Å². The first-order valence-electron chi connectivity index (χ1n) is 9.75. The molecule has 0 aliphatic heterocycles. The fraction of sp³-hybridized carbons (Fsp3) is 0.476. The number of carbonyl (C=O) groups excluding carboxylic acids is 3. The van der Waals surface area contributed by atoms with Crippen molar-refractivity contribution in [2.45, 2.75) is 45.6 Å². The molecular weight excluding hydrogens is 415 g/mol. The molecule has 0 aromatic heterocycles. The number of anilines is 1. The fourth-order valence-electron chi connectivity index (χ4n) is 3.06. The second kappa shape index (κ2) is 11.1. The smallest absolute Gasteiger partial charge is 0.339 e. The van der Waals surface area contributed by atoms with E-state index >= 15 is 0 Å². The van der Waals surface area contributed by atoms with Crippen LogP contribution in [0.1, 0.15) is 49.9 Å². The van der Waals surface area contributed by atoms with E-state index < -0.39 is 17.7 Å². The van der Waals surface area contributed by atoms with Gasteiger partial charge in [0.15, 0.2) is 0 Å². The third-order valence-corrected chi connectivity index (χ3v) is 4.79. The minimum absolute atomic E-state index is 0.0581. The van der Waals surface area contributed by atoms with Gasteiger partial charge < -0.3 is 20.1 Å². The number of methoxy groups -OCH3 is 1. The first-order chi connectivity index (χ1) is 14.2. The van der Waals surface area contributed by atoms with Gasteiger partial charge in [-0.05, 0) is 51.7 Å². The fourth-order valence-corrected chi connectivity index (χ4v) is 3.28. The van der Waals surface area contributed by atoms with Gasteiger partial charge in [-0.15, -0.1) is 0 Å². The van der Waals surface area contributed by atoms with Crippen molar-refractivity contribution in [3.05, 3.63) is 39.7 Å². The van der Waals surface area contributed by atoms with Crippen molar-refractivity contribution in [2.75, 3.05) is 25.6 Å². The van der Waals surface area contributed by atoms with E-state index in [1.807, 2.05) is 0 Å². The molecule has 9 heteroatoms. The molecule has 7 nitrogen and oxygen atoms in total. The molecule has 0 fully saturated rings. The van der Waals surface area contributed by atoms with Gasteiger partial charge in [-0.25, -0.2) is 9.18 Å². The van der Waals surface area contributed by atoms with Crippen LogP contribution in [0.3, 0.4) is 0 Å². The number of benzene rings is 1. The van der Waals surface area contributed by atoms with Crippen LogP contribution in [0, 0.1) is 5.82 Å². The molecule has 1 aromatic rings. The Labute approximate surface area is 179 Å². The van der Waals surface area contributed by atoms with E-state index in [2.05, 4.69) is 10.6 Å². The predicted molar refractivity (Wildman–Crippen MR) is 111 cm³/mol. The third kappa shape index (κ3) is 6.27. The number of carbonyl (C=O) groups is 3. The van der Waals surface area contributed by atoms with Crippen molar-refractivity contribution >= 4 is 35.1 Å². The molecule has 1 aliphatic carbocycles. The van der Waals surface area contributed by atoms with Crippen molar-refractivity contribution in [3.8, 4) is 0 Å². The Kier molecular flexibility index (Phi) is 8.80. The number of hydrogen-bond acceptors (Lipinski definition) is 5. The van der Waals surface area contributed by atoms with Crippen LogP contribution in [0.15, 0.2) is 23.3 Å². The zero-order valence-corrected chi connectivity index (χ0v) is 18.0. The molecule has 2 amide bonds. The molecule has 0 radical (unpaired) electrons. The van der Waals surface area contributed by atoms with E-state index in [0.29, 0.717) is 37.1 Å². The van der Waals surface area contributed by atoms with E-state index in [0.717, 1.165) is 25.0 Å². The van der Waals surface area contributed by atoms with Crippen LogP contribution in [-0.2, 0) is 19.1 Å². The number of rotatable bonds is 8. The van der Waals surface area contributed by atoms with Crippen molar-refractivity contribution in [1.82, 2.24) is 5.32 Å². The molecule has 0 atom stereocenters. The predicted octanol–water partition coefficient (Wildman–Crippen LogP) is 3.62. The highest BCUT2D eigenvalue weighted by atomic mass is 35.5. The molecule has 2 rings (SSSR count). The van der Waals surface area contributed by atoms with Gasteiger partial charge in [0.1, 0.15) is 5.82 Å². The van der Waals surface area contributed by atoms with Gasteiger partial charge in [-0.2, -0.15) is 0 Å². The summed E-state index contributed by atoms with van der Waals surface area (Å²) >= 11 is 5.96. The summed E-state index contributed by atoms with van der Waals surface area (Å²) in [6.45, 7) is 4.02. The van der Waals surface area contributed by atoms with Crippen molar-refractivity contribution in [3.63, 3.8) is 0 Å². The van der Waals surface area contributed by atoms with Crippen molar-refractivity contribution in [2.24, 2.45) is 0 Å². The van der Waals surface area contributed by atoms with E-state index in [9.17, 15) is 18.8 Å². The van der Waals surface area contributed by atoms with Crippen LogP contribution in [0.4, 0.5) is 10.1 Å². The van der Waals surface area contributed by atoms with Gasteiger partial charge >= 0.3 is 5.97 Å². The topological polar surface area (TPSA) is 93.7 Å². The highest BCUT2D eigenvalue weighted by Crippen LogP contribution is 2.29. The summed E-state index contributed by atoms with van der Waals surface area (Å²) in [7, 11) is 1.52. The second-order valence-electron chi connectivity index (χ2n) is 7.13. The monoisotopic (exact) mass is 440 g/mol. The third-order valence-electron chi connectivity index (χ3n) is 4.48. The summed E-state index contributed by atoms with van der Waals surface area (Å²) in [4.78, 5) is 37.4. The van der Waals surface area contributed by atoms with Crippen LogP contribution >= 0.6 is 11.6 Å². The lowest BCUT2D eigenvalue weighted by Gasteiger charge is -2.20. The summed E-state index contributed by atoms with van der Waals surface area (Å²) < 4.78 is 24.4. The Balaban J connectivity index is 2.26. The average molecular weight is 441 g/mol. The number of nitrogens with one attached hydrogen (secondary N) is 2. The molecule has 164 valence electrons. The molecule has 0 unspecified atom stereocenters. The van der Waals surface area contributed by atoms with Gasteiger partial charge in [0, 0.05) is 24.8 Å². The minimum Gasteiger partial charge on any atom is -0.459 e. The Morgan fingerprint density at radius 3 is 2.37 bits per heavy atom. The van der Waals surface area contributed by atoms with Crippen LogP contribution < -0.4 is 10.6 Å². The lowest BCUT2D eigenvalue weighted by Crippen LogP contribution is -2.31.